The first-order chi connectivity index (χ1) is 10.1. The lowest BCUT2D eigenvalue weighted by Gasteiger charge is -2.38. The Morgan fingerprint density at radius 3 is 2.52 bits per heavy atom. The van der Waals surface area contributed by atoms with E-state index in [2.05, 4.69) is 38.2 Å². The van der Waals surface area contributed by atoms with Crippen molar-refractivity contribution in [2.75, 3.05) is 6.54 Å². The predicted molar refractivity (Wildman–Crippen MR) is 89.6 cm³/mol. The average molecular weight is 289 g/mol. The van der Waals surface area contributed by atoms with Gasteiger partial charge in [0, 0.05) is 6.04 Å². The van der Waals surface area contributed by atoms with Crippen LogP contribution in [0.2, 0.25) is 0 Å². The second-order valence-electron chi connectivity index (χ2n) is 7.01. The number of phenols is 1. The molecule has 2 N–H and O–H groups in total. The number of hydrogen-bond acceptors (Lipinski definition) is 2. The zero-order chi connectivity index (χ0) is 15.2. The highest BCUT2D eigenvalue weighted by molar-refractivity contribution is 5.26. The van der Waals surface area contributed by atoms with Crippen molar-refractivity contribution in [2.45, 2.75) is 58.9 Å². The van der Waals surface area contributed by atoms with Gasteiger partial charge in [0.25, 0.3) is 0 Å². The number of hydrogen-bond donors (Lipinski definition) is 2. The zero-order valence-electron chi connectivity index (χ0n) is 13.8. The van der Waals surface area contributed by atoms with Gasteiger partial charge in [0.2, 0.25) is 0 Å². The normalized spacial score (nSPS) is 26.2. The highest BCUT2D eigenvalue weighted by Gasteiger charge is 2.31. The fourth-order valence-electron chi connectivity index (χ4n) is 3.66. The van der Waals surface area contributed by atoms with Crippen LogP contribution in [0.15, 0.2) is 24.3 Å². The molecule has 1 fully saturated rings. The van der Waals surface area contributed by atoms with E-state index in [1.807, 2.05) is 12.1 Å². The lowest BCUT2D eigenvalue weighted by molar-refractivity contribution is 0.167. The van der Waals surface area contributed by atoms with Crippen molar-refractivity contribution in [3.8, 4) is 5.75 Å². The van der Waals surface area contributed by atoms with Gasteiger partial charge in [0.1, 0.15) is 5.75 Å². The summed E-state index contributed by atoms with van der Waals surface area (Å²) >= 11 is 0. The lowest BCUT2D eigenvalue weighted by atomic mass is 9.71. The quantitative estimate of drug-likeness (QED) is 0.815. The third kappa shape index (κ3) is 4.74. The first-order valence-corrected chi connectivity index (χ1v) is 8.61. The van der Waals surface area contributed by atoms with E-state index in [4.69, 9.17) is 0 Å². The molecule has 1 saturated carbocycles. The minimum Gasteiger partial charge on any atom is -0.508 e. The largest absolute Gasteiger partial charge is 0.508 e. The van der Waals surface area contributed by atoms with Crippen LogP contribution in [-0.4, -0.2) is 17.7 Å². The molecule has 0 radical (unpaired) electrons. The molecule has 0 saturated heterocycles. The Morgan fingerprint density at radius 2 is 1.90 bits per heavy atom. The third-order valence-electron chi connectivity index (χ3n) is 5.06. The number of phenolic OH excluding ortho intramolecular Hbond substituents is 1. The molecule has 0 aromatic heterocycles. The van der Waals surface area contributed by atoms with Gasteiger partial charge < -0.3 is 10.4 Å². The van der Waals surface area contributed by atoms with Gasteiger partial charge in [-0.3, -0.25) is 0 Å². The Bertz CT molecular complexity index is 412. The van der Waals surface area contributed by atoms with Gasteiger partial charge in [-0.25, -0.2) is 0 Å². The summed E-state index contributed by atoms with van der Waals surface area (Å²) in [6, 6.07) is 8.43. The van der Waals surface area contributed by atoms with Gasteiger partial charge >= 0.3 is 0 Å². The van der Waals surface area contributed by atoms with E-state index in [0.717, 1.165) is 30.7 Å². The van der Waals surface area contributed by atoms with Crippen molar-refractivity contribution in [1.82, 2.24) is 5.32 Å². The third-order valence-corrected chi connectivity index (χ3v) is 5.06. The molecule has 1 aliphatic rings. The van der Waals surface area contributed by atoms with Crippen LogP contribution >= 0.6 is 0 Å². The number of rotatable bonds is 6. The molecule has 0 heterocycles. The van der Waals surface area contributed by atoms with E-state index < -0.39 is 0 Å². The van der Waals surface area contributed by atoms with Gasteiger partial charge in [0.15, 0.2) is 0 Å². The van der Waals surface area contributed by atoms with Gasteiger partial charge in [-0.05, 0) is 74.1 Å². The Morgan fingerprint density at radius 1 is 1.19 bits per heavy atom. The topological polar surface area (TPSA) is 32.3 Å². The highest BCUT2D eigenvalue weighted by atomic mass is 16.3. The molecule has 3 unspecified atom stereocenters. The van der Waals surface area contributed by atoms with Crippen molar-refractivity contribution in [3.63, 3.8) is 0 Å². The Kier molecular flexibility index (Phi) is 6.10. The number of aromatic hydroxyl groups is 1. The molecule has 0 bridgehead atoms. The fraction of sp³-hybridized carbons (Fsp3) is 0.684. The predicted octanol–water partition coefficient (Wildman–Crippen LogP) is 4.38. The molecule has 1 aliphatic carbocycles. The Hall–Kier alpha value is -1.02. The summed E-state index contributed by atoms with van der Waals surface area (Å²) in [7, 11) is 0. The van der Waals surface area contributed by atoms with Crippen LogP contribution in [0.4, 0.5) is 0 Å². The maximum Gasteiger partial charge on any atom is 0.115 e. The zero-order valence-corrected chi connectivity index (χ0v) is 13.8. The summed E-state index contributed by atoms with van der Waals surface area (Å²) in [5.41, 5.74) is 1.35. The van der Waals surface area contributed by atoms with Gasteiger partial charge in [-0.2, -0.15) is 0 Å². The molecule has 0 amide bonds. The molecule has 1 aromatic rings. The van der Waals surface area contributed by atoms with Crippen LogP contribution in [0, 0.1) is 17.8 Å². The number of nitrogens with one attached hydrogen (secondary N) is 1. The summed E-state index contributed by atoms with van der Waals surface area (Å²) in [6.07, 6.45) is 6.34. The van der Waals surface area contributed by atoms with Gasteiger partial charge in [0.05, 0.1) is 0 Å². The van der Waals surface area contributed by atoms with Crippen molar-refractivity contribution in [2.24, 2.45) is 17.8 Å². The summed E-state index contributed by atoms with van der Waals surface area (Å²) in [4.78, 5) is 0. The summed E-state index contributed by atoms with van der Waals surface area (Å²) in [5.74, 6) is 2.75. The van der Waals surface area contributed by atoms with E-state index in [0.29, 0.717) is 11.8 Å². The van der Waals surface area contributed by atoms with Crippen LogP contribution in [-0.2, 0) is 6.42 Å². The number of benzene rings is 1. The summed E-state index contributed by atoms with van der Waals surface area (Å²) in [6.45, 7) is 8.09. The van der Waals surface area contributed by atoms with Crippen LogP contribution in [0.1, 0.15) is 52.0 Å². The fourth-order valence-corrected chi connectivity index (χ4v) is 3.66. The maximum atomic E-state index is 9.43. The van der Waals surface area contributed by atoms with Crippen molar-refractivity contribution >= 4 is 0 Å². The lowest BCUT2D eigenvalue weighted by Crippen LogP contribution is -2.42. The molecule has 21 heavy (non-hydrogen) atoms. The molecule has 0 spiro atoms. The molecule has 118 valence electrons. The Balaban J connectivity index is 2.03. The minimum absolute atomic E-state index is 0.364. The molecule has 0 aliphatic heterocycles. The van der Waals surface area contributed by atoms with E-state index in [-0.39, 0.29) is 0 Å². The molecule has 2 heteroatoms. The van der Waals surface area contributed by atoms with Crippen molar-refractivity contribution in [3.05, 3.63) is 29.8 Å². The Labute approximate surface area is 130 Å². The SMILES string of the molecule is CCCNC1CCC(C(C)C)CC1Cc1ccc(O)cc1. The van der Waals surface area contributed by atoms with Crippen LogP contribution < -0.4 is 5.32 Å². The molecule has 3 atom stereocenters. The summed E-state index contributed by atoms with van der Waals surface area (Å²) < 4.78 is 0. The molecule has 1 aromatic carbocycles. The highest BCUT2D eigenvalue weighted by Crippen LogP contribution is 2.35. The van der Waals surface area contributed by atoms with Crippen LogP contribution in [0.3, 0.4) is 0 Å². The average Bonchev–Trinajstić information content (AvgIpc) is 2.48. The summed E-state index contributed by atoms with van der Waals surface area (Å²) in [5, 5.41) is 13.2. The monoisotopic (exact) mass is 289 g/mol. The standard InChI is InChI=1S/C19H31NO/c1-4-11-20-19-10-7-16(14(2)3)13-17(19)12-15-5-8-18(21)9-6-15/h5-6,8-9,14,16-17,19-21H,4,7,10-13H2,1-3H3. The van der Waals surface area contributed by atoms with E-state index >= 15 is 0 Å². The van der Waals surface area contributed by atoms with Gasteiger partial charge in [-0.1, -0.05) is 32.9 Å². The smallest absolute Gasteiger partial charge is 0.115 e. The molecule has 2 rings (SSSR count). The second kappa shape index (κ2) is 7.84. The van der Waals surface area contributed by atoms with E-state index in [9.17, 15) is 5.11 Å². The van der Waals surface area contributed by atoms with E-state index in [1.54, 1.807) is 0 Å². The maximum absolute atomic E-state index is 9.43. The molecule has 2 nitrogen and oxygen atoms in total. The second-order valence-corrected chi connectivity index (χ2v) is 7.01. The van der Waals surface area contributed by atoms with Crippen molar-refractivity contribution in [1.29, 1.82) is 0 Å². The first kappa shape index (κ1) is 16.4. The minimum atomic E-state index is 0.364. The van der Waals surface area contributed by atoms with Crippen LogP contribution in [0.25, 0.3) is 0 Å². The van der Waals surface area contributed by atoms with Gasteiger partial charge in [-0.15, -0.1) is 0 Å². The van der Waals surface area contributed by atoms with Crippen LogP contribution in [0.5, 0.6) is 5.75 Å². The molecular formula is C19H31NO. The van der Waals surface area contributed by atoms with Crippen molar-refractivity contribution < 1.29 is 5.11 Å². The molecular weight excluding hydrogens is 258 g/mol. The van der Waals surface area contributed by atoms with E-state index in [1.165, 1.54) is 31.2 Å². The first-order valence-electron chi connectivity index (χ1n) is 8.61.